The average Bonchev–Trinajstić information content (AvgIpc) is 2.28. The van der Waals surface area contributed by atoms with Crippen molar-refractivity contribution in [3.8, 4) is 0 Å². The first-order valence-corrected chi connectivity index (χ1v) is 4.94. The molecule has 0 radical (unpaired) electrons. The summed E-state index contributed by atoms with van der Waals surface area (Å²) in [6.07, 6.45) is 6.24. The normalized spacial score (nSPS) is 21.1. The summed E-state index contributed by atoms with van der Waals surface area (Å²) in [5.74, 6) is 0. The van der Waals surface area contributed by atoms with Crippen molar-refractivity contribution in [2.75, 3.05) is 0 Å². The number of allylic oxidation sites excluding steroid dienone is 1. The van der Waals surface area contributed by atoms with Gasteiger partial charge in [0.15, 0.2) is 0 Å². The average molecular weight is 179 g/mol. The molecule has 0 N–H and O–H groups in total. The zero-order chi connectivity index (χ0) is 10.3. The van der Waals surface area contributed by atoms with Crippen molar-refractivity contribution in [2.24, 2.45) is 15.8 Å². The van der Waals surface area contributed by atoms with Gasteiger partial charge in [0.2, 0.25) is 0 Å². The van der Waals surface area contributed by atoms with Crippen LogP contribution in [-0.4, -0.2) is 11.8 Å². The fourth-order valence-electron chi connectivity index (χ4n) is 2.40. The lowest BCUT2D eigenvalue weighted by Gasteiger charge is -2.47. The van der Waals surface area contributed by atoms with Gasteiger partial charge in [0.05, 0.1) is 5.54 Å². The Hall–Kier alpha value is -0.590. The predicted molar refractivity (Wildman–Crippen MR) is 59.3 cm³/mol. The van der Waals surface area contributed by atoms with Gasteiger partial charge in [-0.1, -0.05) is 47.6 Å². The smallest absolute Gasteiger partial charge is 0.0887 e. The molecular weight excluding hydrogens is 158 g/mol. The van der Waals surface area contributed by atoms with Crippen molar-refractivity contribution in [2.45, 2.75) is 47.1 Å². The van der Waals surface area contributed by atoms with E-state index in [1.165, 1.54) is 0 Å². The minimum Gasteiger partial charge on any atom is -0.281 e. The first-order chi connectivity index (χ1) is 5.71. The van der Waals surface area contributed by atoms with Crippen LogP contribution in [0.25, 0.3) is 0 Å². The van der Waals surface area contributed by atoms with E-state index in [-0.39, 0.29) is 16.4 Å². The third-order valence-corrected chi connectivity index (χ3v) is 2.99. The van der Waals surface area contributed by atoms with E-state index in [1.54, 1.807) is 0 Å². The fraction of sp³-hybridized carbons (Fsp3) is 0.750. The highest BCUT2D eigenvalue weighted by Crippen LogP contribution is 2.49. The summed E-state index contributed by atoms with van der Waals surface area (Å²) in [4.78, 5) is 4.67. The standard InChI is InChI=1S/C12H21N/c1-10(2,3)12(11(4,5)6)8-7-9-13-12/h7-9H,1-6H3. The van der Waals surface area contributed by atoms with Crippen molar-refractivity contribution in [3.63, 3.8) is 0 Å². The van der Waals surface area contributed by atoms with Crippen LogP contribution in [0.5, 0.6) is 0 Å². The first kappa shape index (κ1) is 10.5. The summed E-state index contributed by atoms with van der Waals surface area (Å²) >= 11 is 0. The van der Waals surface area contributed by atoms with E-state index in [0.29, 0.717) is 0 Å². The molecule has 1 aliphatic heterocycles. The van der Waals surface area contributed by atoms with Crippen molar-refractivity contribution < 1.29 is 0 Å². The van der Waals surface area contributed by atoms with Gasteiger partial charge in [-0.3, -0.25) is 4.99 Å². The lowest BCUT2D eigenvalue weighted by atomic mass is 9.61. The monoisotopic (exact) mass is 179 g/mol. The summed E-state index contributed by atoms with van der Waals surface area (Å²) < 4.78 is 0. The second-order valence-corrected chi connectivity index (χ2v) is 5.90. The van der Waals surface area contributed by atoms with Crippen molar-refractivity contribution >= 4 is 6.21 Å². The third-order valence-electron chi connectivity index (χ3n) is 2.99. The summed E-state index contributed by atoms with van der Waals surface area (Å²) in [5, 5.41) is 0. The highest BCUT2D eigenvalue weighted by atomic mass is 14.9. The molecule has 0 saturated carbocycles. The quantitative estimate of drug-likeness (QED) is 0.540. The molecule has 0 aromatic carbocycles. The van der Waals surface area contributed by atoms with Gasteiger partial charge in [-0.15, -0.1) is 0 Å². The van der Waals surface area contributed by atoms with Gasteiger partial charge in [-0.25, -0.2) is 0 Å². The summed E-state index contributed by atoms with van der Waals surface area (Å²) in [6, 6.07) is 0. The van der Waals surface area contributed by atoms with Gasteiger partial charge < -0.3 is 0 Å². The Morgan fingerprint density at radius 1 is 0.923 bits per heavy atom. The second-order valence-electron chi connectivity index (χ2n) is 5.90. The highest BCUT2D eigenvalue weighted by Gasteiger charge is 2.49. The van der Waals surface area contributed by atoms with Crippen molar-refractivity contribution in [1.82, 2.24) is 0 Å². The van der Waals surface area contributed by atoms with Crippen molar-refractivity contribution in [1.29, 1.82) is 0 Å². The molecule has 1 heteroatoms. The van der Waals surface area contributed by atoms with Crippen LogP contribution < -0.4 is 0 Å². The lowest BCUT2D eigenvalue weighted by molar-refractivity contribution is 0.111. The number of rotatable bonds is 0. The molecule has 74 valence electrons. The molecular formula is C12H21N. The Morgan fingerprint density at radius 3 is 1.54 bits per heavy atom. The minimum atomic E-state index is -0.0417. The molecule has 0 unspecified atom stereocenters. The van der Waals surface area contributed by atoms with Gasteiger partial charge in [-0.05, 0) is 16.9 Å². The number of hydrogen-bond acceptors (Lipinski definition) is 1. The Morgan fingerprint density at radius 2 is 1.38 bits per heavy atom. The SMILES string of the molecule is CC(C)(C)C1(C(C)(C)C)C=CC=N1. The fourth-order valence-corrected chi connectivity index (χ4v) is 2.40. The zero-order valence-electron chi connectivity index (χ0n) is 9.68. The van der Waals surface area contributed by atoms with E-state index in [1.807, 2.05) is 6.21 Å². The van der Waals surface area contributed by atoms with Crippen LogP contribution in [0.4, 0.5) is 0 Å². The molecule has 0 aromatic heterocycles. The maximum Gasteiger partial charge on any atom is 0.0887 e. The molecule has 1 aliphatic rings. The first-order valence-electron chi connectivity index (χ1n) is 4.94. The molecule has 0 saturated heterocycles. The second kappa shape index (κ2) is 2.70. The Kier molecular flexibility index (Phi) is 2.18. The molecule has 1 nitrogen and oxygen atoms in total. The summed E-state index contributed by atoms with van der Waals surface area (Å²) in [7, 11) is 0. The molecule has 1 rings (SSSR count). The molecule has 13 heavy (non-hydrogen) atoms. The molecule has 1 heterocycles. The maximum absolute atomic E-state index is 4.67. The largest absolute Gasteiger partial charge is 0.281 e. The van der Waals surface area contributed by atoms with Crippen LogP contribution in [0, 0.1) is 10.8 Å². The highest BCUT2D eigenvalue weighted by molar-refractivity contribution is 5.75. The molecule has 0 fully saturated rings. The molecule has 0 spiro atoms. The van der Waals surface area contributed by atoms with Crippen molar-refractivity contribution in [3.05, 3.63) is 12.2 Å². The zero-order valence-corrected chi connectivity index (χ0v) is 9.68. The Bertz CT molecular complexity index is 217. The van der Waals surface area contributed by atoms with E-state index in [2.05, 4.69) is 58.7 Å². The van der Waals surface area contributed by atoms with Crippen LogP contribution in [0.2, 0.25) is 0 Å². The molecule has 0 bridgehead atoms. The number of aliphatic imine (C=N–C) groups is 1. The molecule has 0 atom stereocenters. The van der Waals surface area contributed by atoms with E-state index in [9.17, 15) is 0 Å². The topological polar surface area (TPSA) is 12.4 Å². The van der Waals surface area contributed by atoms with E-state index in [4.69, 9.17) is 0 Å². The Balaban J connectivity index is 3.19. The van der Waals surface area contributed by atoms with Gasteiger partial charge in [0.25, 0.3) is 0 Å². The molecule has 0 amide bonds. The lowest BCUT2D eigenvalue weighted by Crippen LogP contribution is -2.49. The van der Waals surface area contributed by atoms with E-state index in [0.717, 1.165) is 0 Å². The van der Waals surface area contributed by atoms with Gasteiger partial charge in [-0.2, -0.15) is 0 Å². The number of nitrogens with zero attached hydrogens (tertiary/aromatic N) is 1. The van der Waals surface area contributed by atoms with Gasteiger partial charge in [0, 0.05) is 6.21 Å². The predicted octanol–water partition coefficient (Wildman–Crippen LogP) is 3.46. The van der Waals surface area contributed by atoms with Gasteiger partial charge >= 0.3 is 0 Å². The van der Waals surface area contributed by atoms with Crippen LogP contribution in [0.1, 0.15) is 41.5 Å². The third kappa shape index (κ3) is 1.45. The number of hydrogen-bond donors (Lipinski definition) is 0. The van der Waals surface area contributed by atoms with Crippen LogP contribution in [0.15, 0.2) is 17.1 Å². The van der Waals surface area contributed by atoms with Crippen LogP contribution in [-0.2, 0) is 0 Å². The van der Waals surface area contributed by atoms with E-state index < -0.39 is 0 Å². The minimum absolute atomic E-state index is 0.0417. The summed E-state index contributed by atoms with van der Waals surface area (Å²) in [6.45, 7) is 13.5. The van der Waals surface area contributed by atoms with E-state index >= 15 is 0 Å². The summed E-state index contributed by atoms with van der Waals surface area (Å²) in [5.41, 5.74) is 0.309. The van der Waals surface area contributed by atoms with Crippen LogP contribution in [0.3, 0.4) is 0 Å². The molecule has 0 aromatic rings. The van der Waals surface area contributed by atoms with Gasteiger partial charge in [0.1, 0.15) is 0 Å². The molecule has 0 aliphatic carbocycles. The maximum atomic E-state index is 4.67. The van der Waals surface area contributed by atoms with Crippen LogP contribution >= 0.6 is 0 Å². The Labute approximate surface area is 82.0 Å².